The van der Waals surface area contributed by atoms with E-state index in [2.05, 4.69) is 10.1 Å². The molecule has 0 aliphatic carbocycles. The second-order valence-corrected chi connectivity index (χ2v) is 4.44. The monoisotopic (exact) mass is 277 g/mol. The van der Waals surface area contributed by atoms with Crippen LogP contribution in [0.25, 0.3) is 5.69 Å². The number of carbonyl (C=O) groups excluding carboxylic acids is 1. The van der Waals surface area contributed by atoms with Crippen molar-refractivity contribution in [2.75, 3.05) is 12.3 Å². The van der Waals surface area contributed by atoms with Gasteiger partial charge in [0, 0.05) is 13.2 Å². The fourth-order valence-corrected chi connectivity index (χ4v) is 2.16. The molecule has 0 amide bonds. The number of nitrogen functional groups attached to an aromatic ring is 1. The number of nitrogens with two attached hydrogens (primary N) is 1. The number of carbonyl (C=O) groups is 1. The summed E-state index contributed by atoms with van der Waals surface area (Å²) in [5, 5.41) is 4.37. The summed E-state index contributed by atoms with van der Waals surface area (Å²) in [5.41, 5.74) is 7.95. The first-order chi connectivity index (χ1) is 9.49. The molecule has 0 saturated heterocycles. The number of ether oxygens (including phenoxy) is 1. The lowest BCUT2D eigenvalue weighted by atomic mass is 10.3. The van der Waals surface area contributed by atoms with Crippen LogP contribution in [0, 0.1) is 6.92 Å². The lowest BCUT2D eigenvalue weighted by Gasteiger charge is -2.06. The molecule has 7 nitrogen and oxygen atoms in total. The van der Waals surface area contributed by atoms with E-state index in [-0.39, 0.29) is 18.1 Å². The number of hydrogen-bond acceptors (Lipinski definition) is 5. The topological polar surface area (TPSA) is 88.0 Å². The van der Waals surface area contributed by atoms with Crippen LogP contribution in [0.4, 0.5) is 5.82 Å². The van der Waals surface area contributed by atoms with E-state index in [9.17, 15) is 4.79 Å². The van der Waals surface area contributed by atoms with Crippen LogP contribution in [-0.2, 0) is 18.2 Å². The molecule has 108 valence electrons. The summed E-state index contributed by atoms with van der Waals surface area (Å²) in [6.45, 7) is 5.84. The van der Waals surface area contributed by atoms with Crippen LogP contribution in [-0.4, -0.2) is 31.9 Å². The number of anilines is 1. The number of imidazole rings is 1. The highest BCUT2D eigenvalue weighted by molar-refractivity contribution is 5.92. The van der Waals surface area contributed by atoms with E-state index in [4.69, 9.17) is 10.5 Å². The number of esters is 1. The van der Waals surface area contributed by atoms with Gasteiger partial charge in [0.05, 0.1) is 18.0 Å². The van der Waals surface area contributed by atoms with Crippen molar-refractivity contribution < 1.29 is 9.53 Å². The van der Waals surface area contributed by atoms with Gasteiger partial charge in [0.25, 0.3) is 0 Å². The molecule has 0 aliphatic rings. The number of rotatable bonds is 4. The molecular weight excluding hydrogens is 258 g/mol. The molecule has 0 radical (unpaired) electrons. The molecule has 20 heavy (non-hydrogen) atoms. The third kappa shape index (κ3) is 2.26. The van der Waals surface area contributed by atoms with Crippen molar-refractivity contribution >= 4 is 11.8 Å². The maximum absolute atomic E-state index is 11.8. The van der Waals surface area contributed by atoms with Gasteiger partial charge in [0.1, 0.15) is 11.6 Å². The Morgan fingerprint density at radius 2 is 2.15 bits per heavy atom. The minimum atomic E-state index is -0.506. The molecule has 0 bridgehead atoms. The molecule has 2 rings (SSSR count). The van der Waals surface area contributed by atoms with Gasteiger partial charge in [-0.05, 0) is 20.3 Å². The number of aryl methyl sites for hydroxylation is 3. The lowest BCUT2D eigenvalue weighted by molar-refractivity contribution is 0.0521. The van der Waals surface area contributed by atoms with Crippen LogP contribution in [0.1, 0.15) is 35.9 Å². The molecule has 0 aromatic carbocycles. The second-order valence-electron chi connectivity index (χ2n) is 4.44. The fourth-order valence-electron chi connectivity index (χ4n) is 2.16. The van der Waals surface area contributed by atoms with Crippen molar-refractivity contribution in [3.8, 4) is 5.69 Å². The molecule has 0 saturated carbocycles. The third-order valence-corrected chi connectivity index (χ3v) is 3.01. The van der Waals surface area contributed by atoms with Crippen LogP contribution >= 0.6 is 0 Å². The van der Waals surface area contributed by atoms with Crippen molar-refractivity contribution in [2.45, 2.75) is 27.2 Å². The normalized spacial score (nSPS) is 10.8. The lowest BCUT2D eigenvalue weighted by Crippen LogP contribution is -2.10. The summed E-state index contributed by atoms with van der Waals surface area (Å²) in [6, 6.07) is 0. The highest BCUT2D eigenvalue weighted by Crippen LogP contribution is 2.23. The van der Waals surface area contributed by atoms with E-state index >= 15 is 0 Å². The summed E-state index contributed by atoms with van der Waals surface area (Å²) in [4.78, 5) is 16.0. The van der Waals surface area contributed by atoms with E-state index < -0.39 is 5.97 Å². The Kier molecular flexibility index (Phi) is 3.78. The predicted octanol–water partition coefficient (Wildman–Crippen LogP) is 1.24. The van der Waals surface area contributed by atoms with Gasteiger partial charge >= 0.3 is 5.97 Å². The van der Waals surface area contributed by atoms with Crippen LogP contribution in [0.3, 0.4) is 0 Å². The minimum absolute atomic E-state index is 0.148. The molecule has 2 N–H and O–H groups in total. The molecular formula is C13H19N5O2. The molecule has 2 heterocycles. The van der Waals surface area contributed by atoms with E-state index in [1.165, 1.54) is 0 Å². The van der Waals surface area contributed by atoms with Gasteiger partial charge < -0.3 is 10.5 Å². The second kappa shape index (κ2) is 5.36. The van der Waals surface area contributed by atoms with Gasteiger partial charge in [0.15, 0.2) is 5.69 Å². The quantitative estimate of drug-likeness (QED) is 0.849. The standard InChI is InChI=1S/C13H19N5O2/c1-5-9-10(7-17(4)16-9)18-8(3)15-11(12(18)14)13(19)20-6-2/h7H,5-6,14H2,1-4H3. The first kappa shape index (κ1) is 14.1. The highest BCUT2D eigenvalue weighted by Gasteiger charge is 2.22. The van der Waals surface area contributed by atoms with Crippen molar-refractivity contribution in [2.24, 2.45) is 7.05 Å². The summed E-state index contributed by atoms with van der Waals surface area (Å²) < 4.78 is 8.41. The van der Waals surface area contributed by atoms with Crippen molar-refractivity contribution in [3.05, 3.63) is 23.4 Å². The smallest absolute Gasteiger partial charge is 0.360 e. The Morgan fingerprint density at radius 3 is 2.75 bits per heavy atom. The molecule has 0 aliphatic heterocycles. The maximum atomic E-state index is 11.8. The van der Waals surface area contributed by atoms with Crippen LogP contribution in [0.5, 0.6) is 0 Å². The molecule has 0 unspecified atom stereocenters. The number of aromatic nitrogens is 4. The van der Waals surface area contributed by atoms with Gasteiger partial charge in [-0.1, -0.05) is 6.92 Å². The number of hydrogen-bond donors (Lipinski definition) is 1. The average molecular weight is 277 g/mol. The largest absolute Gasteiger partial charge is 0.461 e. The summed E-state index contributed by atoms with van der Waals surface area (Å²) in [7, 11) is 1.84. The van der Waals surface area contributed by atoms with E-state index in [0.717, 1.165) is 17.8 Å². The molecule has 2 aromatic heterocycles. The predicted molar refractivity (Wildman–Crippen MR) is 74.8 cm³/mol. The van der Waals surface area contributed by atoms with Gasteiger partial charge in [-0.15, -0.1) is 0 Å². The summed E-state index contributed by atoms with van der Waals surface area (Å²) >= 11 is 0. The zero-order valence-corrected chi connectivity index (χ0v) is 12.2. The van der Waals surface area contributed by atoms with E-state index in [1.807, 2.05) is 20.2 Å². The van der Waals surface area contributed by atoms with Crippen molar-refractivity contribution in [1.82, 2.24) is 19.3 Å². The van der Waals surface area contributed by atoms with Gasteiger partial charge in [-0.25, -0.2) is 9.78 Å². The van der Waals surface area contributed by atoms with Crippen LogP contribution in [0.15, 0.2) is 6.20 Å². The Morgan fingerprint density at radius 1 is 1.45 bits per heavy atom. The van der Waals surface area contributed by atoms with Crippen molar-refractivity contribution in [3.63, 3.8) is 0 Å². The Hall–Kier alpha value is -2.31. The Bertz CT molecular complexity index is 641. The fraction of sp³-hybridized carbons (Fsp3) is 0.462. The zero-order chi connectivity index (χ0) is 14.9. The van der Waals surface area contributed by atoms with Gasteiger partial charge in [0.2, 0.25) is 0 Å². The van der Waals surface area contributed by atoms with Gasteiger partial charge in [-0.2, -0.15) is 5.10 Å². The average Bonchev–Trinajstić information content (AvgIpc) is 2.90. The summed E-state index contributed by atoms with van der Waals surface area (Å²) in [6.07, 6.45) is 2.63. The Labute approximate surface area is 117 Å². The van der Waals surface area contributed by atoms with Crippen LogP contribution < -0.4 is 5.73 Å². The van der Waals surface area contributed by atoms with Crippen LogP contribution in [0.2, 0.25) is 0 Å². The molecule has 0 fully saturated rings. The highest BCUT2D eigenvalue weighted by atomic mass is 16.5. The molecule has 7 heteroatoms. The third-order valence-electron chi connectivity index (χ3n) is 3.01. The zero-order valence-electron chi connectivity index (χ0n) is 12.2. The Balaban J connectivity index is 2.55. The number of nitrogens with zero attached hydrogens (tertiary/aromatic N) is 4. The SMILES string of the molecule is CCOC(=O)c1nc(C)n(-c2cn(C)nc2CC)c1N. The van der Waals surface area contributed by atoms with Gasteiger partial charge in [-0.3, -0.25) is 9.25 Å². The molecule has 0 spiro atoms. The van der Waals surface area contributed by atoms with E-state index in [1.54, 1.807) is 23.1 Å². The first-order valence-corrected chi connectivity index (χ1v) is 6.54. The molecule has 2 aromatic rings. The molecule has 0 atom stereocenters. The van der Waals surface area contributed by atoms with E-state index in [0.29, 0.717) is 5.82 Å². The first-order valence-electron chi connectivity index (χ1n) is 6.54. The van der Waals surface area contributed by atoms with Crippen molar-refractivity contribution in [1.29, 1.82) is 0 Å². The minimum Gasteiger partial charge on any atom is -0.461 e. The maximum Gasteiger partial charge on any atom is 0.360 e. The summed E-state index contributed by atoms with van der Waals surface area (Å²) in [5.74, 6) is 0.408.